The average molecular weight is 857 g/mol. The van der Waals surface area contributed by atoms with Gasteiger partial charge in [0.15, 0.2) is 0 Å². The van der Waals surface area contributed by atoms with E-state index in [1.807, 2.05) is 12.1 Å². The fourth-order valence-electron chi connectivity index (χ4n) is 2.97. The number of hydrogen-bond acceptors (Lipinski definition) is 2. The number of halogens is 4. The van der Waals surface area contributed by atoms with E-state index in [1.165, 1.54) is 12.4 Å². The van der Waals surface area contributed by atoms with E-state index < -0.39 is 0 Å². The van der Waals surface area contributed by atoms with E-state index in [-0.39, 0.29) is 28.3 Å². The third-order valence-corrected chi connectivity index (χ3v) is 7.10. The van der Waals surface area contributed by atoms with Crippen LogP contribution in [0.5, 0.6) is 11.5 Å². The van der Waals surface area contributed by atoms with Crippen LogP contribution >= 0.6 is 63.7 Å². The van der Waals surface area contributed by atoms with Crippen molar-refractivity contribution in [3.05, 3.63) is 136 Å². The van der Waals surface area contributed by atoms with Crippen molar-refractivity contribution in [2.45, 2.75) is 0 Å². The predicted molar refractivity (Wildman–Crippen MR) is 177 cm³/mol. The first kappa shape index (κ1) is 34.4. The SMILES string of the molecule is [Ni+2].[OH+]=C([N-]N=Cc1cc(Br)cc(Br)c1[OH2+])c1ccccc1.[OH+]=C([N-]N=Cc1cc(Br)cc(Br)c1[OH2+])c1ccccc1. The van der Waals surface area contributed by atoms with E-state index >= 15 is 0 Å². The molecule has 0 aromatic heterocycles. The van der Waals surface area contributed by atoms with Gasteiger partial charge in [0.05, 0.1) is 22.3 Å². The van der Waals surface area contributed by atoms with Gasteiger partial charge in [0.25, 0.3) is 23.3 Å². The van der Waals surface area contributed by atoms with Crippen LogP contribution in [0.25, 0.3) is 10.9 Å². The number of rotatable bonds is 6. The van der Waals surface area contributed by atoms with Gasteiger partial charge in [0, 0.05) is 21.4 Å². The molecule has 41 heavy (non-hydrogen) atoms. The summed E-state index contributed by atoms with van der Waals surface area (Å²) in [6, 6.07) is 24.9. The second-order valence-corrected chi connectivity index (χ2v) is 11.3. The van der Waals surface area contributed by atoms with Crippen LogP contribution in [0.4, 0.5) is 0 Å². The van der Waals surface area contributed by atoms with Crippen molar-refractivity contribution in [1.29, 1.82) is 0 Å². The maximum absolute atomic E-state index is 9.75. The van der Waals surface area contributed by atoms with Crippen LogP contribution in [0, 0.1) is 0 Å². The van der Waals surface area contributed by atoms with Gasteiger partial charge in [-0.3, -0.25) is 9.59 Å². The number of nitrogens with zero attached hydrogens (tertiary/aromatic N) is 4. The van der Waals surface area contributed by atoms with Crippen LogP contribution < -0.4 is 0 Å². The molecule has 0 spiro atoms. The zero-order valence-corrected chi connectivity index (χ0v) is 28.1. The number of amides is 2. The van der Waals surface area contributed by atoms with Crippen LogP contribution in [-0.4, -0.2) is 44.0 Å². The van der Waals surface area contributed by atoms with Crippen LogP contribution in [0.3, 0.4) is 0 Å². The summed E-state index contributed by atoms with van der Waals surface area (Å²) in [6.45, 7) is 0. The molecule has 212 valence electrons. The van der Waals surface area contributed by atoms with Gasteiger partial charge >= 0.3 is 16.5 Å². The Balaban J connectivity index is 0.000000280. The monoisotopic (exact) mass is 852 g/mol. The molecular weight excluding hydrogens is 835 g/mol. The zero-order chi connectivity index (χ0) is 29.1. The van der Waals surface area contributed by atoms with Crippen LogP contribution in [0.2, 0.25) is 0 Å². The quantitative estimate of drug-likeness (QED) is 0.0808. The van der Waals surface area contributed by atoms with Crippen molar-refractivity contribution in [2.75, 3.05) is 0 Å². The van der Waals surface area contributed by atoms with Crippen LogP contribution in [0.1, 0.15) is 22.3 Å². The molecule has 4 aromatic carbocycles. The number of hydrogen-bond donors (Lipinski definition) is 0. The van der Waals surface area contributed by atoms with E-state index in [0.717, 1.165) is 8.95 Å². The second-order valence-electron chi connectivity index (χ2n) is 7.77. The van der Waals surface area contributed by atoms with Crippen LogP contribution in [-0.2, 0) is 16.5 Å². The molecule has 4 rings (SSSR count). The summed E-state index contributed by atoms with van der Waals surface area (Å²) in [4.78, 5) is 19.5. The molecule has 6 N–H and O–H groups in total. The minimum absolute atomic E-state index is 0. The Morgan fingerprint density at radius 1 is 0.610 bits per heavy atom. The Kier molecular flexibility index (Phi) is 14.4. The predicted octanol–water partition coefficient (Wildman–Crippen LogP) is 7.81. The summed E-state index contributed by atoms with van der Waals surface area (Å²) in [6.07, 6.45) is 2.86. The number of benzene rings is 4. The van der Waals surface area contributed by atoms with Gasteiger partial charge in [-0.15, -0.1) is 0 Å². The first-order chi connectivity index (χ1) is 19.2. The van der Waals surface area contributed by atoms with Crippen molar-refractivity contribution < 1.29 is 36.3 Å². The molecule has 0 saturated heterocycles. The normalized spacial score (nSPS) is 10.4. The molecule has 0 bridgehead atoms. The third kappa shape index (κ3) is 10.8. The minimum atomic E-state index is -0.164. The summed E-state index contributed by atoms with van der Waals surface area (Å²) in [7, 11) is 0. The fourth-order valence-corrected chi connectivity index (χ4v) is 5.49. The minimum Gasteiger partial charge on any atom is -0.592 e. The van der Waals surface area contributed by atoms with Gasteiger partial charge in [-0.05, 0) is 80.4 Å². The van der Waals surface area contributed by atoms with Crippen molar-refractivity contribution in [1.82, 2.24) is 0 Å². The summed E-state index contributed by atoms with van der Waals surface area (Å²) in [5.74, 6) is 0.294. The molecule has 8 nitrogen and oxygen atoms in total. The molecule has 0 aliphatic carbocycles. The molecule has 2 amide bonds. The van der Waals surface area contributed by atoms with E-state index in [4.69, 9.17) is 10.2 Å². The molecule has 0 aliphatic heterocycles. The van der Waals surface area contributed by atoms with E-state index in [0.29, 0.717) is 42.7 Å². The maximum atomic E-state index is 9.75. The molecule has 13 heteroatoms. The smallest absolute Gasteiger partial charge is 0.592 e. The van der Waals surface area contributed by atoms with Crippen molar-refractivity contribution in [3.63, 3.8) is 0 Å². The Hall–Kier alpha value is -2.83. The van der Waals surface area contributed by atoms with Gasteiger partial charge in [-0.25, -0.2) is 0 Å². The Morgan fingerprint density at radius 3 is 1.29 bits per heavy atom. The van der Waals surface area contributed by atoms with Crippen molar-refractivity contribution in [2.24, 2.45) is 10.2 Å². The summed E-state index contributed by atoms with van der Waals surface area (Å²) < 4.78 is 2.98. The van der Waals surface area contributed by atoms with Crippen molar-refractivity contribution in [3.8, 4) is 11.5 Å². The Morgan fingerprint density at radius 2 is 0.951 bits per heavy atom. The topological polar surface area (TPSA) is 142 Å². The average Bonchev–Trinajstić information content (AvgIpc) is 2.95. The van der Waals surface area contributed by atoms with Gasteiger partial charge in [-0.2, -0.15) is 0 Å². The Bertz CT molecular complexity index is 1440. The second kappa shape index (κ2) is 17.2. The standard InChI is InChI=1S/2C14H10Br2N2O2.Ni/c2*15-11-6-10(13(19)12(16)7-11)8-17-18-14(20)9-4-2-1-3-5-9;/h2*1-8H,(H2,17,18,19,20);/q;;+2/p+2. The van der Waals surface area contributed by atoms with Gasteiger partial charge in [0.2, 0.25) is 0 Å². The van der Waals surface area contributed by atoms with E-state index in [2.05, 4.69) is 84.8 Å². The zero-order valence-electron chi connectivity index (χ0n) is 20.7. The molecular formula is C28H22Br4N4NiO4+4. The molecule has 0 radical (unpaired) electrons. The maximum Gasteiger partial charge on any atom is 2.00 e. The van der Waals surface area contributed by atoms with Crippen LogP contribution in [0.15, 0.2) is 113 Å². The molecule has 0 unspecified atom stereocenters. The Labute approximate surface area is 279 Å². The van der Waals surface area contributed by atoms with E-state index in [1.54, 1.807) is 72.8 Å². The fraction of sp³-hybridized carbons (Fsp3) is 0. The molecule has 0 saturated carbocycles. The molecule has 0 fully saturated rings. The van der Waals surface area contributed by atoms with Gasteiger partial charge in [-0.1, -0.05) is 68.3 Å². The first-order valence-electron chi connectivity index (χ1n) is 11.3. The molecule has 4 aromatic rings. The number of carbonyl (C=O) groups excluding carboxylic acids is 2. The van der Waals surface area contributed by atoms with E-state index in [9.17, 15) is 9.59 Å². The van der Waals surface area contributed by atoms with Crippen molar-refractivity contribution >= 4 is 88.0 Å². The summed E-state index contributed by atoms with van der Waals surface area (Å²) in [5, 5.41) is 23.4. The largest absolute Gasteiger partial charge is 2.00 e. The summed E-state index contributed by atoms with van der Waals surface area (Å²) >= 11 is 13.3. The van der Waals surface area contributed by atoms with Gasteiger partial charge < -0.3 is 31.3 Å². The molecule has 0 heterocycles. The first-order valence-corrected chi connectivity index (χ1v) is 14.4. The molecule has 0 aliphatic rings. The third-order valence-electron chi connectivity index (χ3n) is 4.93. The molecule has 0 atom stereocenters. The summed E-state index contributed by atoms with van der Waals surface area (Å²) in [5.41, 5.74) is 9.80. The van der Waals surface area contributed by atoms with Gasteiger partial charge in [0.1, 0.15) is 8.95 Å².